The van der Waals surface area contributed by atoms with Crippen LogP contribution in [0.15, 0.2) is 42.7 Å². The molecule has 0 aliphatic heterocycles. The standard InChI is InChI=1S/C15H14N4O2/c1-18-13(7-8-16-18)15-11(10-20)9-19(17-15)12-5-3-4-6-14(12)21-2/h3-10H,1-2H3. The zero-order valence-corrected chi connectivity index (χ0v) is 11.7. The highest BCUT2D eigenvalue weighted by molar-refractivity contribution is 5.84. The molecular weight excluding hydrogens is 268 g/mol. The van der Waals surface area contributed by atoms with Gasteiger partial charge in [0, 0.05) is 19.4 Å². The van der Waals surface area contributed by atoms with E-state index in [4.69, 9.17) is 4.74 Å². The van der Waals surface area contributed by atoms with E-state index in [0.717, 1.165) is 17.7 Å². The van der Waals surface area contributed by atoms with Crippen molar-refractivity contribution in [1.29, 1.82) is 0 Å². The Morgan fingerprint density at radius 1 is 1.24 bits per heavy atom. The summed E-state index contributed by atoms with van der Waals surface area (Å²) in [7, 11) is 3.41. The minimum Gasteiger partial charge on any atom is -0.494 e. The monoisotopic (exact) mass is 282 g/mol. The average Bonchev–Trinajstić information content (AvgIpc) is 3.12. The van der Waals surface area contributed by atoms with E-state index in [-0.39, 0.29) is 0 Å². The molecule has 0 saturated heterocycles. The highest BCUT2D eigenvalue weighted by Crippen LogP contribution is 2.26. The number of para-hydroxylation sites is 2. The van der Waals surface area contributed by atoms with Crippen molar-refractivity contribution < 1.29 is 9.53 Å². The zero-order valence-electron chi connectivity index (χ0n) is 11.7. The SMILES string of the molecule is COc1ccccc1-n1cc(C=O)c(-c2ccnn2C)n1. The number of carbonyl (C=O) groups excluding carboxylic acids is 1. The van der Waals surface area contributed by atoms with Crippen molar-refractivity contribution in [3.63, 3.8) is 0 Å². The molecule has 3 rings (SSSR count). The molecule has 0 amide bonds. The van der Waals surface area contributed by atoms with Crippen LogP contribution in [0.5, 0.6) is 5.75 Å². The van der Waals surface area contributed by atoms with E-state index in [1.54, 1.807) is 28.9 Å². The lowest BCUT2D eigenvalue weighted by Gasteiger charge is -2.07. The third-order valence-electron chi connectivity index (χ3n) is 3.27. The predicted molar refractivity (Wildman–Crippen MR) is 77.7 cm³/mol. The van der Waals surface area contributed by atoms with E-state index in [1.165, 1.54) is 0 Å². The lowest BCUT2D eigenvalue weighted by molar-refractivity contribution is 0.112. The van der Waals surface area contributed by atoms with Crippen LogP contribution in [0.2, 0.25) is 0 Å². The summed E-state index contributed by atoms with van der Waals surface area (Å²) < 4.78 is 8.66. The van der Waals surface area contributed by atoms with Gasteiger partial charge >= 0.3 is 0 Å². The molecule has 0 atom stereocenters. The van der Waals surface area contributed by atoms with Crippen molar-refractivity contribution in [2.24, 2.45) is 7.05 Å². The number of benzene rings is 1. The largest absolute Gasteiger partial charge is 0.494 e. The molecular formula is C15H14N4O2. The number of hydrogen-bond acceptors (Lipinski definition) is 4. The quantitative estimate of drug-likeness (QED) is 0.687. The first-order chi connectivity index (χ1) is 10.2. The summed E-state index contributed by atoms with van der Waals surface area (Å²) in [5.74, 6) is 0.689. The summed E-state index contributed by atoms with van der Waals surface area (Å²) in [4.78, 5) is 11.3. The number of aromatic nitrogens is 4. The van der Waals surface area contributed by atoms with Crippen LogP contribution in [0, 0.1) is 0 Å². The Labute approximate surface area is 121 Å². The van der Waals surface area contributed by atoms with Gasteiger partial charge in [-0.1, -0.05) is 12.1 Å². The summed E-state index contributed by atoms with van der Waals surface area (Å²) in [6.45, 7) is 0. The van der Waals surface area contributed by atoms with Gasteiger partial charge in [0.25, 0.3) is 0 Å². The molecule has 0 spiro atoms. The Kier molecular flexibility index (Phi) is 3.27. The summed E-state index contributed by atoms with van der Waals surface area (Å²) in [5.41, 5.74) is 2.66. The summed E-state index contributed by atoms with van der Waals surface area (Å²) >= 11 is 0. The average molecular weight is 282 g/mol. The van der Waals surface area contributed by atoms with E-state index in [9.17, 15) is 4.79 Å². The normalized spacial score (nSPS) is 10.6. The van der Waals surface area contributed by atoms with E-state index < -0.39 is 0 Å². The molecule has 0 radical (unpaired) electrons. The van der Waals surface area contributed by atoms with E-state index in [0.29, 0.717) is 17.0 Å². The molecule has 6 heteroatoms. The number of aryl methyl sites for hydroxylation is 1. The number of ether oxygens (including phenoxy) is 1. The molecule has 0 aliphatic carbocycles. The molecule has 106 valence electrons. The number of nitrogens with zero attached hydrogens (tertiary/aromatic N) is 4. The zero-order chi connectivity index (χ0) is 14.8. The maximum Gasteiger partial charge on any atom is 0.153 e. The number of rotatable bonds is 4. The topological polar surface area (TPSA) is 61.9 Å². The lowest BCUT2D eigenvalue weighted by atomic mass is 10.2. The Hall–Kier alpha value is -2.89. The van der Waals surface area contributed by atoms with Crippen molar-refractivity contribution in [3.05, 3.63) is 48.3 Å². The minimum absolute atomic E-state index is 0.504. The van der Waals surface area contributed by atoms with Gasteiger partial charge in [0.1, 0.15) is 17.1 Å². The van der Waals surface area contributed by atoms with Crippen LogP contribution in [-0.4, -0.2) is 33.0 Å². The van der Waals surface area contributed by atoms with E-state index >= 15 is 0 Å². The van der Waals surface area contributed by atoms with Gasteiger partial charge in [-0.3, -0.25) is 9.48 Å². The van der Waals surface area contributed by atoms with E-state index in [2.05, 4.69) is 10.2 Å². The molecule has 2 heterocycles. The molecule has 0 saturated carbocycles. The fraction of sp³-hybridized carbons (Fsp3) is 0.133. The molecule has 0 unspecified atom stereocenters. The fourth-order valence-corrected chi connectivity index (χ4v) is 2.22. The Morgan fingerprint density at radius 2 is 2.05 bits per heavy atom. The second-order valence-electron chi connectivity index (χ2n) is 4.51. The van der Waals surface area contributed by atoms with Crippen LogP contribution in [-0.2, 0) is 7.05 Å². The predicted octanol–water partition coefficient (Wildman–Crippen LogP) is 2.09. The number of hydrogen-bond donors (Lipinski definition) is 0. The fourth-order valence-electron chi connectivity index (χ4n) is 2.22. The molecule has 21 heavy (non-hydrogen) atoms. The van der Waals surface area contributed by atoms with Crippen LogP contribution in [0.4, 0.5) is 0 Å². The first-order valence-electron chi connectivity index (χ1n) is 6.41. The molecule has 3 aromatic rings. The summed E-state index contributed by atoms with van der Waals surface area (Å²) in [6.07, 6.45) is 4.15. The van der Waals surface area contributed by atoms with Crippen molar-refractivity contribution in [1.82, 2.24) is 19.6 Å². The maximum absolute atomic E-state index is 11.3. The summed E-state index contributed by atoms with van der Waals surface area (Å²) in [5, 5.41) is 8.62. The van der Waals surface area contributed by atoms with Gasteiger partial charge in [-0.05, 0) is 18.2 Å². The van der Waals surface area contributed by atoms with Gasteiger partial charge in [-0.25, -0.2) is 4.68 Å². The first kappa shape index (κ1) is 13.1. The Morgan fingerprint density at radius 3 is 2.71 bits per heavy atom. The first-order valence-corrected chi connectivity index (χ1v) is 6.41. The third kappa shape index (κ3) is 2.20. The Balaban J connectivity index is 2.16. The lowest BCUT2D eigenvalue weighted by Crippen LogP contribution is -1.99. The van der Waals surface area contributed by atoms with Gasteiger partial charge in [0.05, 0.1) is 18.4 Å². The molecule has 0 N–H and O–H groups in total. The second-order valence-corrected chi connectivity index (χ2v) is 4.51. The van der Waals surface area contributed by atoms with Crippen LogP contribution < -0.4 is 4.74 Å². The smallest absolute Gasteiger partial charge is 0.153 e. The van der Waals surface area contributed by atoms with Crippen LogP contribution in [0.1, 0.15) is 10.4 Å². The van der Waals surface area contributed by atoms with Crippen molar-refractivity contribution >= 4 is 6.29 Å². The Bertz CT molecular complexity index is 789. The molecule has 1 aromatic carbocycles. The van der Waals surface area contributed by atoms with Crippen LogP contribution in [0.3, 0.4) is 0 Å². The second kappa shape index (κ2) is 5.24. The van der Waals surface area contributed by atoms with Gasteiger partial charge < -0.3 is 4.74 Å². The highest BCUT2D eigenvalue weighted by atomic mass is 16.5. The van der Waals surface area contributed by atoms with Crippen molar-refractivity contribution in [3.8, 4) is 22.8 Å². The van der Waals surface area contributed by atoms with Crippen LogP contribution in [0.25, 0.3) is 17.1 Å². The van der Waals surface area contributed by atoms with Gasteiger partial charge in [0.2, 0.25) is 0 Å². The van der Waals surface area contributed by atoms with Gasteiger partial charge in [-0.15, -0.1) is 0 Å². The number of methoxy groups -OCH3 is 1. The number of aldehydes is 1. The van der Waals surface area contributed by atoms with Crippen molar-refractivity contribution in [2.75, 3.05) is 7.11 Å². The summed E-state index contributed by atoms with van der Waals surface area (Å²) in [6, 6.07) is 9.33. The molecule has 6 nitrogen and oxygen atoms in total. The highest BCUT2D eigenvalue weighted by Gasteiger charge is 2.15. The number of carbonyl (C=O) groups is 1. The third-order valence-corrected chi connectivity index (χ3v) is 3.27. The molecule has 0 bridgehead atoms. The molecule has 2 aromatic heterocycles. The maximum atomic E-state index is 11.3. The van der Waals surface area contributed by atoms with E-state index in [1.807, 2.05) is 37.4 Å². The minimum atomic E-state index is 0.504. The van der Waals surface area contributed by atoms with Gasteiger partial charge in [0.15, 0.2) is 6.29 Å². The molecule has 0 fully saturated rings. The molecule has 0 aliphatic rings. The van der Waals surface area contributed by atoms with Gasteiger partial charge in [-0.2, -0.15) is 10.2 Å². The van der Waals surface area contributed by atoms with Crippen molar-refractivity contribution in [2.45, 2.75) is 0 Å². The van der Waals surface area contributed by atoms with Crippen LogP contribution >= 0.6 is 0 Å².